The van der Waals surface area contributed by atoms with Gasteiger partial charge in [-0.05, 0) is 45.5 Å². The number of carbonyl (C=O) groups is 1. The molecule has 4 heteroatoms. The van der Waals surface area contributed by atoms with E-state index >= 15 is 0 Å². The Labute approximate surface area is 108 Å². The second-order valence-corrected chi connectivity index (χ2v) is 5.06. The summed E-state index contributed by atoms with van der Waals surface area (Å²) < 4.78 is 0. The first-order valence-corrected chi connectivity index (χ1v) is 6.00. The average Bonchev–Trinajstić information content (AvgIpc) is 2.28. The second-order valence-electron chi connectivity index (χ2n) is 4.63. The first kappa shape index (κ1) is 14.0. The zero-order valence-electron chi connectivity index (χ0n) is 10.7. The molecule has 0 bridgehead atoms. The van der Waals surface area contributed by atoms with E-state index in [2.05, 4.69) is 10.6 Å². The van der Waals surface area contributed by atoms with Crippen molar-refractivity contribution >= 4 is 17.5 Å². The minimum Gasteiger partial charge on any atom is -0.348 e. The lowest BCUT2D eigenvalue weighted by Crippen LogP contribution is -2.51. The highest BCUT2D eigenvalue weighted by atomic mass is 35.5. The molecule has 1 aromatic carbocycles. The number of likely N-dealkylation sites (N-methyl/N-ethyl adjacent to an activating group) is 1. The van der Waals surface area contributed by atoms with Gasteiger partial charge >= 0.3 is 0 Å². The smallest absolute Gasteiger partial charge is 0.240 e. The minimum atomic E-state index is -0.577. The molecule has 0 radical (unpaired) electrons. The lowest BCUT2D eigenvalue weighted by Gasteiger charge is -2.25. The average molecular weight is 255 g/mol. The van der Waals surface area contributed by atoms with Crippen molar-refractivity contribution in [2.75, 3.05) is 7.05 Å². The van der Waals surface area contributed by atoms with Crippen molar-refractivity contribution in [2.24, 2.45) is 0 Å². The van der Waals surface area contributed by atoms with Crippen LogP contribution in [0.3, 0.4) is 0 Å². The molecule has 0 aliphatic heterocycles. The molecule has 1 aromatic rings. The summed E-state index contributed by atoms with van der Waals surface area (Å²) in [5.74, 6) is -0.0347. The molecular formula is C13H19ClN2O. The molecule has 0 saturated carbocycles. The molecule has 0 spiro atoms. The predicted octanol–water partition coefficient (Wildman–Crippen LogP) is 2.52. The standard InChI is InChI=1S/C13H19ClN2O/c1-9(10-6-5-7-11(14)8-10)16-12(17)13(2,3)15-4/h5-9,15H,1-4H3,(H,16,17)/t9-/m0/s1. The van der Waals surface area contributed by atoms with Crippen LogP contribution in [0.5, 0.6) is 0 Å². The topological polar surface area (TPSA) is 41.1 Å². The van der Waals surface area contributed by atoms with Gasteiger partial charge in [0.05, 0.1) is 11.6 Å². The summed E-state index contributed by atoms with van der Waals surface area (Å²) in [5, 5.41) is 6.60. The third-order valence-electron chi connectivity index (χ3n) is 2.89. The third kappa shape index (κ3) is 3.72. The summed E-state index contributed by atoms with van der Waals surface area (Å²) in [6, 6.07) is 7.44. The fourth-order valence-corrected chi connectivity index (χ4v) is 1.55. The van der Waals surface area contributed by atoms with Crippen molar-refractivity contribution in [1.29, 1.82) is 0 Å². The van der Waals surface area contributed by atoms with E-state index in [9.17, 15) is 4.79 Å². The van der Waals surface area contributed by atoms with Gasteiger partial charge in [-0.25, -0.2) is 0 Å². The molecule has 0 fully saturated rings. The van der Waals surface area contributed by atoms with Gasteiger partial charge in [-0.3, -0.25) is 4.79 Å². The Hall–Kier alpha value is -1.06. The van der Waals surface area contributed by atoms with Gasteiger partial charge in [0.1, 0.15) is 0 Å². The van der Waals surface area contributed by atoms with Crippen LogP contribution in [0.4, 0.5) is 0 Å². The Morgan fingerprint density at radius 2 is 2.06 bits per heavy atom. The predicted molar refractivity (Wildman–Crippen MR) is 71.1 cm³/mol. The molecule has 17 heavy (non-hydrogen) atoms. The van der Waals surface area contributed by atoms with Gasteiger partial charge in [-0.15, -0.1) is 0 Å². The molecule has 0 unspecified atom stereocenters. The number of rotatable bonds is 4. The highest BCUT2D eigenvalue weighted by molar-refractivity contribution is 6.30. The highest BCUT2D eigenvalue weighted by Gasteiger charge is 2.26. The van der Waals surface area contributed by atoms with E-state index in [4.69, 9.17) is 11.6 Å². The van der Waals surface area contributed by atoms with Gasteiger partial charge in [0.15, 0.2) is 0 Å². The minimum absolute atomic E-state index is 0.0347. The Morgan fingerprint density at radius 1 is 1.41 bits per heavy atom. The molecule has 0 heterocycles. The van der Waals surface area contributed by atoms with Gasteiger partial charge in [-0.1, -0.05) is 23.7 Å². The number of halogens is 1. The van der Waals surface area contributed by atoms with E-state index in [1.165, 1.54) is 0 Å². The number of benzene rings is 1. The maximum absolute atomic E-state index is 12.0. The summed E-state index contributed by atoms with van der Waals surface area (Å²) in [6.07, 6.45) is 0. The van der Waals surface area contributed by atoms with E-state index in [1.54, 1.807) is 7.05 Å². The summed E-state index contributed by atoms with van der Waals surface area (Å²) in [7, 11) is 1.77. The van der Waals surface area contributed by atoms with Crippen molar-refractivity contribution in [1.82, 2.24) is 10.6 Å². The molecule has 2 N–H and O–H groups in total. The molecule has 0 aliphatic rings. The molecule has 3 nitrogen and oxygen atoms in total. The molecule has 1 atom stereocenters. The number of carbonyl (C=O) groups excluding carboxylic acids is 1. The number of nitrogens with one attached hydrogen (secondary N) is 2. The van der Waals surface area contributed by atoms with Crippen LogP contribution in [0, 0.1) is 0 Å². The number of hydrogen-bond donors (Lipinski definition) is 2. The van der Waals surface area contributed by atoms with Crippen LogP contribution >= 0.6 is 11.6 Å². The van der Waals surface area contributed by atoms with Crippen molar-refractivity contribution in [3.63, 3.8) is 0 Å². The van der Waals surface area contributed by atoms with Crippen molar-refractivity contribution < 1.29 is 4.79 Å². The van der Waals surface area contributed by atoms with Crippen LogP contribution in [-0.4, -0.2) is 18.5 Å². The molecular weight excluding hydrogens is 236 g/mol. The lowest BCUT2D eigenvalue weighted by atomic mass is 10.0. The first-order chi connectivity index (χ1) is 7.86. The summed E-state index contributed by atoms with van der Waals surface area (Å²) >= 11 is 5.92. The molecule has 1 rings (SSSR count). The molecule has 0 saturated heterocycles. The quantitative estimate of drug-likeness (QED) is 0.867. The van der Waals surface area contributed by atoms with Gasteiger partial charge in [0, 0.05) is 5.02 Å². The molecule has 0 aliphatic carbocycles. The van der Waals surface area contributed by atoms with Crippen molar-refractivity contribution in [3.8, 4) is 0 Å². The zero-order chi connectivity index (χ0) is 13.1. The molecule has 94 valence electrons. The maximum atomic E-state index is 12.0. The Bertz CT molecular complexity index is 404. The highest BCUT2D eigenvalue weighted by Crippen LogP contribution is 2.18. The fourth-order valence-electron chi connectivity index (χ4n) is 1.35. The van der Waals surface area contributed by atoms with Crippen LogP contribution in [0.2, 0.25) is 5.02 Å². The fraction of sp³-hybridized carbons (Fsp3) is 0.462. The van der Waals surface area contributed by atoms with Gasteiger partial charge < -0.3 is 10.6 Å². The van der Waals surface area contributed by atoms with Crippen molar-refractivity contribution in [3.05, 3.63) is 34.9 Å². The summed E-state index contributed by atoms with van der Waals surface area (Å²) in [4.78, 5) is 12.0. The number of hydrogen-bond acceptors (Lipinski definition) is 2. The molecule has 0 aromatic heterocycles. The van der Waals surface area contributed by atoms with E-state index in [0.29, 0.717) is 5.02 Å². The number of amides is 1. The van der Waals surface area contributed by atoms with Gasteiger partial charge in [0.25, 0.3) is 0 Å². The Morgan fingerprint density at radius 3 is 2.59 bits per heavy atom. The largest absolute Gasteiger partial charge is 0.348 e. The van der Waals surface area contributed by atoms with E-state index in [1.807, 2.05) is 45.0 Å². The summed E-state index contributed by atoms with van der Waals surface area (Å²) in [5.41, 5.74) is 0.421. The summed E-state index contributed by atoms with van der Waals surface area (Å²) in [6.45, 7) is 5.62. The zero-order valence-corrected chi connectivity index (χ0v) is 11.4. The van der Waals surface area contributed by atoms with E-state index in [-0.39, 0.29) is 11.9 Å². The van der Waals surface area contributed by atoms with E-state index < -0.39 is 5.54 Å². The Balaban J connectivity index is 2.73. The maximum Gasteiger partial charge on any atom is 0.240 e. The third-order valence-corrected chi connectivity index (χ3v) is 3.12. The molecule has 1 amide bonds. The van der Waals surface area contributed by atoms with Gasteiger partial charge in [-0.2, -0.15) is 0 Å². The van der Waals surface area contributed by atoms with Crippen LogP contribution in [0.1, 0.15) is 32.4 Å². The lowest BCUT2D eigenvalue weighted by molar-refractivity contribution is -0.126. The van der Waals surface area contributed by atoms with Crippen LogP contribution in [0.25, 0.3) is 0 Å². The van der Waals surface area contributed by atoms with Crippen LogP contribution < -0.4 is 10.6 Å². The van der Waals surface area contributed by atoms with Gasteiger partial charge in [0.2, 0.25) is 5.91 Å². The van der Waals surface area contributed by atoms with Crippen LogP contribution in [0.15, 0.2) is 24.3 Å². The van der Waals surface area contributed by atoms with Crippen molar-refractivity contribution in [2.45, 2.75) is 32.4 Å². The van der Waals surface area contributed by atoms with Crippen LogP contribution in [-0.2, 0) is 4.79 Å². The van der Waals surface area contributed by atoms with E-state index in [0.717, 1.165) is 5.56 Å². The SMILES string of the molecule is CNC(C)(C)C(=O)N[C@@H](C)c1cccc(Cl)c1. The first-order valence-electron chi connectivity index (χ1n) is 5.62. The monoisotopic (exact) mass is 254 g/mol. The Kier molecular flexibility index (Phi) is 4.54. The normalized spacial score (nSPS) is 13.2. The second kappa shape index (κ2) is 5.52.